The number of aromatic nitrogens is 2. The Balaban J connectivity index is 1.47. The van der Waals surface area contributed by atoms with E-state index in [0.29, 0.717) is 32.2 Å². The molecule has 1 fully saturated rings. The lowest BCUT2D eigenvalue weighted by atomic mass is 10.2. The molecule has 2 aromatic rings. The second-order valence-electron chi connectivity index (χ2n) is 6.24. The van der Waals surface area contributed by atoms with E-state index < -0.39 is 0 Å². The molecule has 0 radical (unpaired) electrons. The van der Waals surface area contributed by atoms with Crippen LogP contribution in [0.5, 0.6) is 0 Å². The first-order valence-corrected chi connectivity index (χ1v) is 9.17. The minimum atomic E-state index is -0.00550. The van der Waals surface area contributed by atoms with Gasteiger partial charge in [-0.3, -0.25) is 0 Å². The van der Waals surface area contributed by atoms with Gasteiger partial charge in [0.25, 0.3) is 0 Å². The predicted molar refractivity (Wildman–Crippen MR) is 94.1 cm³/mol. The normalized spacial score (nSPS) is 19.2. The summed E-state index contributed by atoms with van der Waals surface area (Å²) in [6.45, 7) is 7.46. The fraction of sp³-hybridized carbons (Fsp3) is 0.529. The molecule has 1 aliphatic rings. The van der Waals surface area contributed by atoms with Gasteiger partial charge in [0.05, 0.1) is 13.2 Å². The Kier molecular flexibility index (Phi) is 5.52. The first-order chi connectivity index (χ1) is 11.6. The molecule has 0 saturated carbocycles. The van der Waals surface area contributed by atoms with Gasteiger partial charge in [0, 0.05) is 36.9 Å². The number of morpholine rings is 1. The maximum atomic E-state index is 12.4. The molecule has 24 heavy (non-hydrogen) atoms. The van der Waals surface area contributed by atoms with Gasteiger partial charge < -0.3 is 19.5 Å². The van der Waals surface area contributed by atoms with Crippen molar-refractivity contribution < 1.29 is 9.53 Å². The monoisotopic (exact) mass is 348 g/mol. The van der Waals surface area contributed by atoms with Crippen LogP contribution in [0.1, 0.15) is 23.7 Å². The Morgan fingerprint density at radius 1 is 1.58 bits per heavy atom. The number of urea groups is 1. The number of thiophene rings is 1. The van der Waals surface area contributed by atoms with E-state index in [0.717, 1.165) is 12.4 Å². The summed E-state index contributed by atoms with van der Waals surface area (Å²) in [6, 6.07) is 4.07. The Morgan fingerprint density at radius 2 is 2.46 bits per heavy atom. The molecular weight excluding hydrogens is 324 g/mol. The topological polar surface area (TPSA) is 59.4 Å². The Labute approximate surface area is 146 Å². The number of nitrogens with one attached hydrogen (secondary N) is 1. The molecule has 0 unspecified atom stereocenters. The van der Waals surface area contributed by atoms with E-state index in [1.54, 1.807) is 17.5 Å². The van der Waals surface area contributed by atoms with Gasteiger partial charge in [-0.2, -0.15) is 0 Å². The van der Waals surface area contributed by atoms with Crippen LogP contribution in [0.25, 0.3) is 0 Å². The Hall–Kier alpha value is -1.86. The summed E-state index contributed by atoms with van der Waals surface area (Å²) in [4.78, 5) is 19.7. The van der Waals surface area contributed by atoms with Crippen LogP contribution in [0.3, 0.4) is 0 Å². The van der Waals surface area contributed by atoms with Gasteiger partial charge in [-0.25, -0.2) is 9.78 Å². The molecule has 0 bridgehead atoms. The average molecular weight is 348 g/mol. The predicted octanol–water partition coefficient (Wildman–Crippen LogP) is 2.67. The summed E-state index contributed by atoms with van der Waals surface area (Å²) < 4.78 is 7.90. The van der Waals surface area contributed by atoms with Crippen LogP contribution >= 0.6 is 11.3 Å². The van der Waals surface area contributed by atoms with Crippen molar-refractivity contribution >= 4 is 17.4 Å². The number of aryl methyl sites for hydroxylation is 1. The standard InChI is InChI=1S/C17H24N4O2S/c1-13(11-20-6-5-18-14(20)2)10-19-17(22)21-7-8-23-15(12-21)16-4-3-9-24-16/h3-6,9,13,15H,7-8,10-12H2,1-2H3,(H,19,22)/t13-,15-/m0/s1. The fourth-order valence-electron chi connectivity index (χ4n) is 2.85. The molecule has 2 amide bonds. The van der Waals surface area contributed by atoms with E-state index in [9.17, 15) is 4.79 Å². The minimum Gasteiger partial charge on any atom is -0.369 e. The smallest absolute Gasteiger partial charge is 0.317 e. The van der Waals surface area contributed by atoms with Crippen molar-refractivity contribution in [1.29, 1.82) is 0 Å². The molecule has 1 aliphatic heterocycles. The van der Waals surface area contributed by atoms with E-state index in [2.05, 4.69) is 27.9 Å². The highest BCUT2D eigenvalue weighted by atomic mass is 32.1. The third kappa shape index (κ3) is 4.15. The molecule has 1 N–H and O–H groups in total. The van der Waals surface area contributed by atoms with Gasteiger partial charge in [-0.1, -0.05) is 13.0 Å². The maximum Gasteiger partial charge on any atom is 0.317 e. The molecular formula is C17H24N4O2S. The number of nitrogens with zero attached hydrogens (tertiary/aromatic N) is 3. The molecule has 3 rings (SSSR count). The lowest BCUT2D eigenvalue weighted by molar-refractivity contribution is -0.0136. The molecule has 1 saturated heterocycles. The summed E-state index contributed by atoms with van der Waals surface area (Å²) in [5.41, 5.74) is 0. The van der Waals surface area contributed by atoms with Crippen LogP contribution in [-0.2, 0) is 11.3 Å². The molecule has 7 heteroatoms. The van der Waals surface area contributed by atoms with E-state index in [1.807, 2.05) is 29.5 Å². The van der Waals surface area contributed by atoms with Crippen LogP contribution in [0.15, 0.2) is 29.9 Å². The number of hydrogen-bond donors (Lipinski definition) is 1. The highest BCUT2D eigenvalue weighted by molar-refractivity contribution is 7.10. The Morgan fingerprint density at radius 3 is 3.17 bits per heavy atom. The Bertz CT molecular complexity index is 655. The molecule has 3 heterocycles. The lowest BCUT2D eigenvalue weighted by Gasteiger charge is -2.32. The SMILES string of the molecule is Cc1nccn1C[C@@H](C)CNC(=O)N1CCO[C@H](c2cccs2)C1. The maximum absolute atomic E-state index is 12.4. The molecule has 0 aliphatic carbocycles. The van der Waals surface area contributed by atoms with Gasteiger partial charge >= 0.3 is 6.03 Å². The highest BCUT2D eigenvalue weighted by Crippen LogP contribution is 2.25. The number of imidazole rings is 1. The van der Waals surface area contributed by atoms with Crippen molar-refractivity contribution in [2.24, 2.45) is 5.92 Å². The average Bonchev–Trinajstić information content (AvgIpc) is 3.25. The van der Waals surface area contributed by atoms with Crippen molar-refractivity contribution in [3.05, 3.63) is 40.6 Å². The quantitative estimate of drug-likeness (QED) is 0.904. The van der Waals surface area contributed by atoms with E-state index in [-0.39, 0.29) is 12.1 Å². The molecule has 2 atom stereocenters. The fourth-order valence-corrected chi connectivity index (χ4v) is 3.62. The van der Waals surface area contributed by atoms with Crippen molar-refractivity contribution in [2.45, 2.75) is 26.5 Å². The molecule has 0 spiro atoms. The van der Waals surface area contributed by atoms with E-state index in [1.165, 1.54) is 4.88 Å². The number of hydrogen-bond acceptors (Lipinski definition) is 4. The van der Waals surface area contributed by atoms with E-state index >= 15 is 0 Å². The van der Waals surface area contributed by atoms with Crippen LogP contribution < -0.4 is 5.32 Å². The van der Waals surface area contributed by atoms with Crippen LogP contribution in [0.2, 0.25) is 0 Å². The zero-order valence-electron chi connectivity index (χ0n) is 14.1. The van der Waals surface area contributed by atoms with Crippen molar-refractivity contribution in [3.63, 3.8) is 0 Å². The first-order valence-electron chi connectivity index (χ1n) is 8.29. The highest BCUT2D eigenvalue weighted by Gasteiger charge is 2.26. The third-order valence-corrected chi connectivity index (χ3v) is 5.21. The van der Waals surface area contributed by atoms with Gasteiger partial charge in [-0.05, 0) is 24.3 Å². The lowest BCUT2D eigenvalue weighted by Crippen LogP contribution is -2.48. The summed E-state index contributed by atoms with van der Waals surface area (Å²) in [7, 11) is 0. The number of rotatable bonds is 5. The van der Waals surface area contributed by atoms with Gasteiger partial charge in [0.1, 0.15) is 11.9 Å². The minimum absolute atomic E-state index is 0.00415. The summed E-state index contributed by atoms with van der Waals surface area (Å²) in [5, 5.41) is 5.09. The largest absolute Gasteiger partial charge is 0.369 e. The third-order valence-electron chi connectivity index (χ3n) is 4.25. The number of amides is 2. The van der Waals surface area contributed by atoms with Gasteiger partial charge in [0.15, 0.2) is 0 Å². The molecule has 6 nitrogen and oxygen atoms in total. The zero-order valence-corrected chi connectivity index (χ0v) is 15.0. The van der Waals surface area contributed by atoms with Gasteiger partial charge in [0.2, 0.25) is 0 Å². The zero-order chi connectivity index (χ0) is 16.9. The second-order valence-corrected chi connectivity index (χ2v) is 7.22. The summed E-state index contributed by atoms with van der Waals surface area (Å²) in [5.74, 6) is 1.34. The molecule has 0 aromatic carbocycles. The second kappa shape index (κ2) is 7.81. The van der Waals surface area contributed by atoms with Crippen LogP contribution in [0.4, 0.5) is 4.79 Å². The number of carbonyl (C=O) groups is 1. The van der Waals surface area contributed by atoms with Crippen molar-refractivity contribution in [1.82, 2.24) is 19.8 Å². The summed E-state index contributed by atoms with van der Waals surface area (Å²) in [6.07, 6.45) is 3.77. The van der Waals surface area contributed by atoms with Crippen molar-refractivity contribution in [3.8, 4) is 0 Å². The molecule has 2 aromatic heterocycles. The van der Waals surface area contributed by atoms with Crippen molar-refractivity contribution in [2.75, 3.05) is 26.2 Å². The first kappa shape index (κ1) is 17.0. The number of ether oxygens (including phenoxy) is 1. The molecule has 130 valence electrons. The van der Waals surface area contributed by atoms with E-state index in [4.69, 9.17) is 4.74 Å². The van der Waals surface area contributed by atoms with Crippen LogP contribution in [0, 0.1) is 12.8 Å². The summed E-state index contributed by atoms with van der Waals surface area (Å²) >= 11 is 1.67. The van der Waals surface area contributed by atoms with Crippen LogP contribution in [-0.4, -0.2) is 46.7 Å². The number of carbonyl (C=O) groups excluding carboxylic acids is 1. The van der Waals surface area contributed by atoms with Gasteiger partial charge in [-0.15, -0.1) is 11.3 Å².